The number of nitrogens with one attached hydrogen (secondary N) is 1. The van der Waals surface area contributed by atoms with Gasteiger partial charge in [0.05, 0.1) is 5.69 Å². The molecule has 88 valence electrons. The van der Waals surface area contributed by atoms with Gasteiger partial charge in [-0.05, 0) is 31.5 Å². The van der Waals surface area contributed by atoms with E-state index in [0.717, 1.165) is 25.3 Å². The first-order valence-electron chi connectivity index (χ1n) is 5.96. The van der Waals surface area contributed by atoms with E-state index < -0.39 is 0 Å². The van der Waals surface area contributed by atoms with E-state index in [1.54, 1.807) is 6.20 Å². The summed E-state index contributed by atoms with van der Waals surface area (Å²) in [6, 6.07) is 4.66. The molecule has 1 aromatic rings. The molecule has 0 bridgehead atoms. The lowest BCUT2D eigenvalue weighted by molar-refractivity contribution is 0.143. The zero-order valence-corrected chi connectivity index (χ0v) is 10.1. The molecule has 2 heterocycles. The van der Waals surface area contributed by atoms with Crippen LogP contribution in [0.2, 0.25) is 0 Å². The van der Waals surface area contributed by atoms with Crippen LogP contribution in [0.15, 0.2) is 18.3 Å². The molecule has 2 rings (SSSR count). The average molecular weight is 220 g/mol. The molecular weight excluding hydrogens is 200 g/mol. The van der Waals surface area contributed by atoms with Crippen molar-refractivity contribution in [1.29, 1.82) is 0 Å². The third kappa shape index (κ3) is 2.77. The molecular formula is C12H20N4. The Labute approximate surface area is 97.1 Å². The fourth-order valence-corrected chi connectivity index (χ4v) is 2.45. The molecule has 0 amide bonds. The van der Waals surface area contributed by atoms with Crippen LogP contribution in [0, 0.1) is 5.92 Å². The van der Waals surface area contributed by atoms with Gasteiger partial charge in [0.25, 0.3) is 0 Å². The maximum Gasteiger partial charge on any atom is 0.0771 e. The second-order valence-corrected chi connectivity index (χ2v) is 4.61. The molecule has 1 saturated heterocycles. The summed E-state index contributed by atoms with van der Waals surface area (Å²) >= 11 is 0. The summed E-state index contributed by atoms with van der Waals surface area (Å²) < 4.78 is 0. The van der Waals surface area contributed by atoms with Crippen LogP contribution in [-0.4, -0.2) is 41.3 Å². The fraction of sp³-hybridized carbons (Fsp3) is 0.667. The molecule has 0 aliphatic carbocycles. The van der Waals surface area contributed by atoms with Crippen molar-refractivity contribution in [2.75, 3.05) is 20.1 Å². The van der Waals surface area contributed by atoms with Gasteiger partial charge in [0.2, 0.25) is 0 Å². The Bertz CT molecular complexity index is 314. The van der Waals surface area contributed by atoms with Crippen molar-refractivity contribution in [3.63, 3.8) is 0 Å². The van der Waals surface area contributed by atoms with Gasteiger partial charge in [0.1, 0.15) is 0 Å². The van der Waals surface area contributed by atoms with Crippen LogP contribution < -0.4 is 5.32 Å². The predicted molar refractivity (Wildman–Crippen MR) is 63.9 cm³/mol. The molecule has 4 nitrogen and oxygen atoms in total. The SMILES string of the molecule is CNC1CCN(Cc2cccnn2)CC1C. The summed E-state index contributed by atoms with van der Waals surface area (Å²) in [6.45, 7) is 5.52. The molecule has 2 unspecified atom stereocenters. The van der Waals surface area contributed by atoms with E-state index >= 15 is 0 Å². The highest BCUT2D eigenvalue weighted by molar-refractivity contribution is 4.99. The molecule has 1 aliphatic heterocycles. The van der Waals surface area contributed by atoms with E-state index in [2.05, 4.69) is 34.4 Å². The molecule has 4 heteroatoms. The van der Waals surface area contributed by atoms with E-state index in [0.29, 0.717) is 12.0 Å². The van der Waals surface area contributed by atoms with Crippen LogP contribution >= 0.6 is 0 Å². The van der Waals surface area contributed by atoms with Crippen molar-refractivity contribution >= 4 is 0 Å². The second kappa shape index (κ2) is 5.37. The quantitative estimate of drug-likeness (QED) is 0.822. The average Bonchev–Trinajstić information content (AvgIpc) is 2.31. The Hall–Kier alpha value is -1.00. The third-order valence-electron chi connectivity index (χ3n) is 3.37. The van der Waals surface area contributed by atoms with E-state index in [1.165, 1.54) is 6.42 Å². The zero-order valence-electron chi connectivity index (χ0n) is 10.1. The van der Waals surface area contributed by atoms with Crippen LogP contribution in [-0.2, 0) is 6.54 Å². The Morgan fingerprint density at radius 3 is 3.06 bits per heavy atom. The lowest BCUT2D eigenvalue weighted by Gasteiger charge is -2.36. The second-order valence-electron chi connectivity index (χ2n) is 4.61. The maximum absolute atomic E-state index is 4.13. The predicted octanol–water partition coefficient (Wildman–Crippen LogP) is 0.906. The topological polar surface area (TPSA) is 41.0 Å². The summed E-state index contributed by atoms with van der Waals surface area (Å²) in [5.41, 5.74) is 1.07. The van der Waals surface area contributed by atoms with Crippen molar-refractivity contribution in [3.8, 4) is 0 Å². The van der Waals surface area contributed by atoms with Crippen LogP contribution in [0.25, 0.3) is 0 Å². The van der Waals surface area contributed by atoms with Crippen molar-refractivity contribution in [2.45, 2.75) is 25.9 Å². The van der Waals surface area contributed by atoms with Crippen molar-refractivity contribution in [1.82, 2.24) is 20.4 Å². The molecule has 1 aliphatic rings. The van der Waals surface area contributed by atoms with Gasteiger partial charge in [-0.15, -0.1) is 0 Å². The Morgan fingerprint density at radius 1 is 1.56 bits per heavy atom. The van der Waals surface area contributed by atoms with Gasteiger partial charge < -0.3 is 5.32 Å². The third-order valence-corrected chi connectivity index (χ3v) is 3.37. The van der Waals surface area contributed by atoms with Gasteiger partial charge in [-0.3, -0.25) is 4.90 Å². The first-order chi connectivity index (χ1) is 7.79. The van der Waals surface area contributed by atoms with E-state index in [1.807, 2.05) is 12.1 Å². The molecule has 1 N–H and O–H groups in total. The number of nitrogens with zero attached hydrogens (tertiary/aromatic N) is 3. The lowest BCUT2D eigenvalue weighted by Crippen LogP contribution is -2.46. The molecule has 0 saturated carbocycles. The Kier molecular flexibility index (Phi) is 3.85. The summed E-state index contributed by atoms with van der Waals surface area (Å²) in [5.74, 6) is 0.704. The zero-order chi connectivity index (χ0) is 11.4. The number of aromatic nitrogens is 2. The standard InChI is InChI=1S/C12H20N4/c1-10-8-16(7-5-12(10)13-2)9-11-4-3-6-14-15-11/h3-4,6,10,12-13H,5,7-9H2,1-2H3. The fourth-order valence-electron chi connectivity index (χ4n) is 2.45. The molecule has 2 atom stereocenters. The first kappa shape index (κ1) is 11.5. The minimum atomic E-state index is 0.665. The van der Waals surface area contributed by atoms with Gasteiger partial charge in [0.15, 0.2) is 0 Å². The normalized spacial score (nSPS) is 26.9. The number of hydrogen-bond acceptors (Lipinski definition) is 4. The summed E-state index contributed by atoms with van der Waals surface area (Å²) in [4.78, 5) is 2.46. The van der Waals surface area contributed by atoms with Crippen LogP contribution in [0.1, 0.15) is 19.0 Å². The summed E-state index contributed by atoms with van der Waals surface area (Å²) in [6.07, 6.45) is 2.94. The number of hydrogen-bond donors (Lipinski definition) is 1. The molecule has 16 heavy (non-hydrogen) atoms. The van der Waals surface area contributed by atoms with Crippen molar-refractivity contribution in [3.05, 3.63) is 24.0 Å². The largest absolute Gasteiger partial charge is 0.317 e. The minimum absolute atomic E-state index is 0.665. The number of likely N-dealkylation sites (tertiary alicyclic amines) is 1. The minimum Gasteiger partial charge on any atom is -0.317 e. The van der Waals surface area contributed by atoms with E-state index in [4.69, 9.17) is 0 Å². The van der Waals surface area contributed by atoms with Gasteiger partial charge in [-0.25, -0.2) is 0 Å². The number of piperidine rings is 1. The first-order valence-corrected chi connectivity index (χ1v) is 5.96. The van der Waals surface area contributed by atoms with E-state index in [-0.39, 0.29) is 0 Å². The molecule has 0 aromatic carbocycles. The molecule has 1 aromatic heterocycles. The highest BCUT2D eigenvalue weighted by Gasteiger charge is 2.24. The van der Waals surface area contributed by atoms with Gasteiger partial charge >= 0.3 is 0 Å². The van der Waals surface area contributed by atoms with E-state index in [9.17, 15) is 0 Å². The van der Waals surface area contributed by atoms with Crippen LogP contribution in [0.5, 0.6) is 0 Å². The van der Waals surface area contributed by atoms with Crippen LogP contribution in [0.3, 0.4) is 0 Å². The van der Waals surface area contributed by atoms with Gasteiger partial charge in [-0.1, -0.05) is 6.92 Å². The monoisotopic (exact) mass is 220 g/mol. The number of rotatable bonds is 3. The maximum atomic E-state index is 4.13. The summed E-state index contributed by atoms with van der Waals surface area (Å²) in [7, 11) is 2.06. The van der Waals surface area contributed by atoms with Crippen molar-refractivity contribution < 1.29 is 0 Å². The lowest BCUT2D eigenvalue weighted by atomic mass is 9.94. The molecule has 1 fully saturated rings. The smallest absolute Gasteiger partial charge is 0.0771 e. The highest BCUT2D eigenvalue weighted by atomic mass is 15.2. The van der Waals surface area contributed by atoms with Crippen molar-refractivity contribution in [2.24, 2.45) is 5.92 Å². The molecule has 0 radical (unpaired) electrons. The summed E-state index contributed by atoms with van der Waals surface area (Å²) in [5, 5.41) is 11.4. The van der Waals surface area contributed by atoms with Gasteiger partial charge in [0, 0.05) is 31.9 Å². The Morgan fingerprint density at radius 2 is 2.44 bits per heavy atom. The van der Waals surface area contributed by atoms with Crippen LogP contribution in [0.4, 0.5) is 0 Å². The Balaban J connectivity index is 1.89. The molecule has 0 spiro atoms. The van der Waals surface area contributed by atoms with Gasteiger partial charge in [-0.2, -0.15) is 10.2 Å². The highest BCUT2D eigenvalue weighted by Crippen LogP contribution is 2.17.